The van der Waals surface area contributed by atoms with Gasteiger partial charge >= 0.3 is 0 Å². The number of anilines is 1. The Morgan fingerprint density at radius 3 is 2.68 bits per heavy atom. The Labute approximate surface area is 120 Å². The number of nitrogens with one attached hydrogen (secondary N) is 1. The van der Waals surface area contributed by atoms with E-state index in [-0.39, 0.29) is 6.10 Å². The summed E-state index contributed by atoms with van der Waals surface area (Å²) in [5.74, 6) is 2.60. The molecule has 0 amide bonds. The van der Waals surface area contributed by atoms with Crippen LogP contribution in [-0.4, -0.2) is 12.1 Å². The van der Waals surface area contributed by atoms with Crippen LogP contribution in [0.4, 0.5) is 5.69 Å². The van der Waals surface area contributed by atoms with E-state index >= 15 is 0 Å². The SMILES string of the molecule is CC(C)Oc1ccc(NC2CC3CCC2C3)cc1Cl. The molecule has 0 saturated heterocycles. The maximum Gasteiger partial charge on any atom is 0.138 e. The number of fused-ring (bicyclic) bond motifs is 2. The second kappa shape index (κ2) is 5.24. The molecule has 3 rings (SSSR count). The van der Waals surface area contributed by atoms with Crippen molar-refractivity contribution in [1.29, 1.82) is 0 Å². The fourth-order valence-corrected chi connectivity index (χ4v) is 3.80. The van der Waals surface area contributed by atoms with Crippen LogP contribution in [0.25, 0.3) is 0 Å². The topological polar surface area (TPSA) is 21.3 Å². The van der Waals surface area contributed by atoms with Gasteiger partial charge in [0, 0.05) is 11.7 Å². The molecule has 0 aromatic heterocycles. The first-order chi connectivity index (χ1) is 9.11. The lowest BCUT2D eigenvalue weighted by atomic mass is 9.95. The summed E-state index contributed by atoms with van der Waals surface area (Å²) >= 11 is 6.27. The van der Waals surface area contributed by atoms with Gasteiger partial charge in [0.15, 0.2) is 0 Å². The lowest BCUT2D eigenvalue weighted by Crippen LogP contribution is -2.25. The Morgan fingerprint density at radius 1 is 1.26 bits per heavy atom. The van der Waals surface area contributed by atoms with E-state index in [0.717, 1.165) is 23.3 Å². The predicted octanol–water partition coefficient (Wildman–Crippen LogP) is 4.73. The van der Waals surface area contributed by atoms with Gasteiger partial charge in [0.2, 0.25) is 0 Å². The quantitative estimate of drug-likeness (QED) is 0.860. The van der Waals surface area contributed by atoms with Gasteiger partial charge in [-0.1, -0.05) is 18.0 Å². The minimum Gasteiger partial charge on any atom is -0.489 e. The van der Waals surface area contributed by atoms with Crippen LogP contribution in [0.1, 0.15) is 39.5 Å². The number of halogens is 1. The van der Waals surface area contributed by atoms with E-state index in [1.165, 1.54) is 25.7 Å². The summed E-state index contributed by atoms with van der Waals surface area (Å²) in [5, 5.41) is 4.35. The highest BCUT2D eigenvalue weighted by molar-refractivity contribution is 6.32. The Hall–Kier alpha value is -0.890. The van der Waals surface area contributed by atoms with Gasteiger partial charge in [0.1, 0.15) is 5.75 Å². The van der Waals surface area contributed by atoms with Crippen molar-refractivity contribution in [2.75, 3.05) is 5.32 Å². The summed E-state index contributed by atoms with van der Waals surface area (Å²) in [6, 6.07) is 6.69. The molecule has 1 aromatic carbocycles. The summed E-state index contributed by atoms with van der Waals surface area (Å²) in [4.78, 5) is 0. The monoisotopic (exact) mass is 279 g/mol. The molecule has 2 saturated carbocycles. The second-order valence-corrected chi connectivity index (χ2v) is 6.64. The van der Waals surface area contributed by atoms with Crippen molar-refractivity contribution in [1.82, 2.24) is 0 Å². The standard InChI is InChI=1S/C16H22ClNO/c1-10(2)19-16-6-5-13(9-14(16)17)18-15-8-11-3-4-12(15)7-11/h5-6,9-12,15,18H,3-4,7-8H2,1-2H3. The molecule has 2 bridgehead atoms. The number of hydrogen-bond acceptors (Lipinski definition) is 2. The van der Waals surface area contributed by atoms with Crippen molar-refractivity contribution >= 4 is 17.3 Å². The van der Waals surface area contributed by atoms with Crippen LogP contribution in [0.3, 0.4) is 0 Å². The van der Waals surface area contributed by atoms with Gasteiger partial charge in [-0.15, -0.1) is 0 Å². The number of benzene rings is 1. The Kier molecular flexibility index (Phi) is 3.62. The molecule has 0 spiro atoms. The van der Waals surface area contributed by atoms with Crippen molar-refractivity contribution in [3.8, 4) is 5.75 Å². The summed E-state index contributed by atoms with van der Waals surface area (Å²) < 4.78 is 5.66. The summed E-state index contributed by atoms with van der Waals surface area (Å²) in [7, 11) is 0. The fraction of sp³-hybridized carbons (Fsp3) is 0.625. The normalized spacial score (nSPS) is 28.9. The molecule has 2 nitrogen and oxygen atoms in total. The van der Waals surface area contributed by atoms with Crippen LogP contribution in [0.15, 0.2) is 18.2 Å². The van der Waals surface area contributed by atoms with E-state index in [4.69, 9.17) is 16.3 Å². The molecule has 2 aliphatic rings. The first-order valence-electron chi connectivity index (χ1n) is 7.34. The van der Waals surface area contributed by atoms with Crippen LogP contribution < -0.4 is 10.1 Å². The van der Waals surface area contributed by atoms with Gasteiger partial charge in [-0.3, -0.25) is 0 Å². The van der Waals surface area contributed by atoms with Crippen LogP contribution in [0, 0.1) is 11.8 Å². The number of rotatable bonds is 4. The van der Waals surface area contributed by atoms with Crippen LogP contribution in [0.2, 0.25) is 5.02 Å². The molecule has 3 unspecified atom stereocenters. The average molecular weight is 280 g/mol. The minimum absolute atomic E-state index is 0.155. The van der Waals surface area contributed by atoms with Crippen molar-refractivity contribution < 1.29 is 4.74 Å². The molecule has 19 heavy (non-hydrogen) atoms. The third-order valence-corrected chi connectivity index (χ3v) is 4.68. The zero-order chi connectivity index (χ0) is 13.4. The minimum atomic E-state index is 0.155. The number of hydrogen-bond donors (Lipinski definition) is 1. The first-order valence-corrected chi connectivity index (χ1v) is 7.72. The molecular formula is C16H22ClNO. The van der Waals surface area contributed by atoms with Crippen molar-refractivity contribution in [2.45, 2.75) is 51.7 Å². The molecule has 3 atom stereocenters. The van der Waals surface area contributed by atoms with Crippen LogP contribution in [-0.2, 0) is 0 Å². The molecule has 1 aromatic rings. The predicted molar refractivity (Wildman–Crippen MR) is 80.1 cm³/mol. The van der Waals surface area contributed by atoms with Crippen molar-refractivity contribution in [2.24, 2.45) is 11.8 Å². The lowest BCUT2D eigenvalue weighted by Gasteiger charge is -2.24. The Bertz CT molecular complexity index is 460. The van der Waals surface area contributed by atoms with E-state index in [2.05, 4.69) is 11.4 Å². The fourth-order valence-electron chi connectivity index (χ4n) is 3.58. The zero-order valence-electron chi connectivity index (χ0n) is 11.7. The van der Waals surface area contributed by atoms with Gasteiger partial charge in [0.25, 0.3) is 0 Å². The van der Waals surface area contributed by atoms with E-state index in [1.807, 2.05) is 26.0 Å². The maximum atomic E-state index is 6.27. The molecule has 0 aliphatic heterocycles. The van der Waals surface area contributed by atoms with E-state index in [1.54, 1.807) is 0 Å². The third-order valence-electron chi connectivity index (χ3n) is 4.38. The van der Waals surface area contributed by atoms with Crippen molar-refractivity contribution in [3.05, 3.63) is 23.2 Å². The molecule has 2 aliphatic carbocycles. The van der Waals surface area contributed by atoms with Crippen molar-refractivity contribution in [3.63, 3.8) is 0 Å². The molecule has 0 heterocycles. The summed E-state index contributed by atoms with van der Waals surface area (Å²) in [6.45, 7) is 4.02. The average Bonchev–Trinajstić information content (AvgIpc) is 2.94. The second-order valence-electron chi connectivity index (χ2n) is 6.24. The highest BCUT2D eigenvalue weighted by atomic mass is 35.5. The summed E-state index contributed by atoms with van der Waals surface area (Å²) in [6.07, 6.45) is 5.73. The lowest BCUT2D eigenvalue weighted by molar-refractivity contribution is 0.242. The largest absolute Gasteiger partial charge is 0.489 e. The van der Waals surface area contributed by atoms with Gasteiger partial charge in [0.05, 0.1) is 11.1 Å². The van der Waals surface area contributed by atoms with Gasteiger partial charge in [-0.05, 0) is 63.1 Å². The van der Waals surface area contributed by atoms with E-state index in [0.29, 0.717) is 11.1 Å². The van der Waals surface area contributed by atoms with E-state index < -0.39 is 0 Å². The first kappa shape index (κ1) is 13.1. The molecular weight excluding hydrogens is 258 g/mol. The zero-order valence-corrected chi connectivity index (χ0v) is 12.4. The Balaban J connectivity index is 1.67. The van der Waals surface area contributed by atoms with Gasteiger partial charge in [-0.2, -0.15) is 0 Å². The maximum absolute atomic E-state index is 6.27. The molecule has 3 heteroatoms. The number of ether oxygens (including phenoxy) is 1. The molecule has 2 fully saturated rings. The van der Waals surface area contributed by atoms with Crippen LogP contribution >= 0.6 is 11.6 Å². The summed E-state index contributed by atoms with van der Waals surface area (Å²) in [5.41, 5.74) is 1.12. The highest BCUT2D eigenvalue weighted by Crippen LogP contribution is 2.45. The van der Waals surface area contributed by atoms with Gasteiger partial charge in [-0.25, -0.2) is 0 Å². The molecule has 0 radical (unpaired) electrons. The smallest absolute Gasteiger partial charge is 0.138 e. The van der Waals surface area contributed by atoms with E-state index in [9.17, 15) is 0 Å². The highest BCUT2D eigenvalue weighted by Gasteiger charge is 2.39. The third kappa shape index (κ3) is 2.84. The van der Waals surface area contributed by atoms with Crippen LogP contribution in [0.5, 0.6) is 5.75 Å². The molecule has 1 N–H and O–H groups in total. The molecule has 104 valence electrons. The van der Waals surface area contributed by atoms with Gasteiger partial charge < -0.3 is 10.1 Å². The Morgan fingerprint density at radius 2 is 2.11 bits per heavy atom.